The minimum Gasteiger partial charge on any atom is -0.477 e. The first-order chi connectivity index (χ1) is 16.0. The number of halogens is 3. The number of anilines is 1. The van der Waals surface area contributed by atoms with Gasteiger partial charge in [0.15, 0.2) is 5.13 Å². The first kappa shape index (κ1) is 23.8. The molecule has 0 bridgehead atoms. The summed E-state index contributed by atoms with van der Waals surface area (Å²) in [6, 6.07) is -1.87. The molecule has 2 aromatic heterocycles. The Labute approximate surface area is 198 Å². The Bertz CT molecular complexity index is 1240. The second-order valence-electron chi connectivity index (χ2n) is 6.73. The van der Waals surface area contributed by atoms with E-state index in [2.05, 4.69) is 29.2 Å². The van der Waals surface area contributed by atoms with Gasteiger partial charge in [0.25, 0.3) is 11.8 Å². The van der Waals surface area contributed by atoms with Gasteiger partial charge in [-0.15, -0.1) is 0 Å². The summed E-state index contributed by atoms with van der Waals surface area (Å²) in [4.78, 5) is 45.2. The number of carbonyl (C=O) groups excluding carboxylic acids is 2. The Kier molecular flexibility index (Phi) is 6.16. The summed E-state index contributed by atoms with van der Waals surface area (Å²) in [7, 11) is 0. The zero-order valence-corrected chi connectivity index (χ0v) is 18.8. The summed E-state index contributed by atoms with van der Waals surface area (Å²) in [6.45, 7) is 0. The van der Waals surface area contributed by atoms with Gasteiger partial charge in [-0.3, -0.25) is 14.5 Å². The molecule has 2 unspecified atom stereocenters. The van der Waals surface area contributed by atoms with E-state index in [4.69, 9.17) is 10.9 Å². The van der Waals surface area contributed by atoms with Crippen LogP contribution < -0.4 is 11.1 Å². The van der Waals surface area contributed by atoms with Crippen LogP contribution in [-0.2, 0) is 20.6 Å². The van der Waals surface area contributed by atoms with Crippen LogP contribution in [0.1, 0.15) is 23.7 Å². The predicted molar refractivity (Wildman–Crippen MR) is 110 cm³/mol. The van der Waals surface area contributed by atoms with Gasteiger partial charge in [0, 0.05) is 16.4 Å². The van der Waals surface area contributed by atoms with Crippen molar-refractivity contribution in [2.75, 3.05) is 5.73 Å². The van der Waals surface area contributed by atoms with Crippen LogP contribution in [0.5, 0.6) is 0 Å². The predicted octanol–water partition coefficient (Wildman–Crippen LogP) is 0.747. The smallest absolute Gasteiger partial charge is 0.444 e. The van der Waals surface area contributed by atoms with Crippen LogP contribution in [0.15, 0.2) is 20.9 Å². The fourth-order valence-corrected chi connectivity index (χ4v) is 5.39. The van der Waals surface area contributed by atoms with E-state index in [9.17, 15) is 32.7 Å². The number of amides is 2. The van der Waals surface area contributed by atoms with Crippen molar-refractivity contribution in [2.24, 2.45) is 5.16 Å². The summed E-state index contributed by atoms with van der Waals surface area (Å²) in [5.74, 6) is -3.48. The summed E-state index contributed by atoms with van der Waals surface area (Å²) in [5, 5.41) is 22.6. The van der Waals surface area contributed by atoms with Gasteiger partial charge >= 0.3 is 12.1 Å². The molecule has 0 aliphatic carbocycles. The molecule has 2 amide bonds. The average Bonchev–Trinajstić information content (AvgIpc) is 3.41. The largest absolute Gasteiger partial charge is 0.477 e. The first-order valence-electron chi connectivity index (χ1n) is 9.02. The van der Waals surface area contributed by atoms with Crippen LogP contribution in [-0.4, -0.2) is 69.5 Å². The van der Waals surface area contributed by atoms with Crippen LogP contribution in [0.3, 0.4) is 0 Å². The van der Waals surface area contributed by atoms with E-state index in [1.165, 1.54) is 0 Å². The molecule has 0 radical (unpaired) electrons. The van der Waals surface area contributed by atoms with Crippen LogP contribution in [0.25, 0.3) is 0 Å². The van der Waals surface area contributed by atoms with Crippen molar-refractivity contribution >= 4 is 63.5 Å². The van der Waals surface area contributed by atoms with Crippen molar-refractivity contribution in [3.8, 4) is 0 Å². The molecule has 0 spiro atoms. The maximum absolute atomic E-state index is 12.8. The molecule has 1 fully saturated rings. The number of nitrogens with zero attached hydrogens (tertiary/aromatic N) is 6. The monoisotopic (exact) mass is 536 g/mol. The highest BCUT2D eigenvalue weighted by Crippen LogP contribution is 2.43. The molecule has 2 aliphatic heterocycles. The molecule has 0 aromatic carbocycles. The van der Waals surface area contributed by atoms with Crippen molar-refractivity contribution in [2.45, 2.75) is 36.3 Å². The lowest BCUT2D eigenvalue weighted by atomic mass is 9.86. The van der Waals surface area contributed by atoms with Crippen molar-refractivity contribution in [3.63, 3.8) is 0 Å². The number of nitrogen functional groups attached to an aromatic ring is 1. The van der Waals surface area contributed by atoms with Gasteiger partial charge in [-0.2, -0.15) is 26.9 Å². The van der Waals surface area contributed by atoms with E-state index in [0.717, 1.165) is 16.4 Å². The summed E-state index contributed by atoms with van der Waals surface area (Å²) in [5.41, 5.74) is 4.43. The number of alkyl halides is 3. The second kappa shape index (κ2) is 8.80. The lowest BCUT2D eigenvalue weighted by Crippen LogP contribution is -2.72. The minimum absolute atomic E-state index is 0.0142. The molecule has 2 aromatic rings. The van der Waals surface area contributed by atoms with Gasteiger partial charge < -0.3 is 21.4 Å². The van der Waals surface area contributed by atoms with Gasteiger partial charge in [-0.25, -0.2) is 9.78 Å². The van der Waals surface area contributed by atoms with E-state index >= 15 is 0 Å². The number of nitrogens with one attached hydrogen (secondary N) is 1. The number of fused-ring (bicyclic) bond motifs is 1. The van der Waals surface area contributed by atoms with E-state index in [1.807, 2.05) is 0 Å². The fourth-order valence-electron chi connectivity index (χ4n) is 3.34. The van der Waals surface area contributed by atoms with Crippen LogP contribution >= 0.6 is 34.8 Å². The second-order valence-corrected chi connectivity index (χ2v) is 9.33. The van der Waals surface area contributed by atoms with E-state index in [-0.39, 0.29) is 45.4 Å². The maximum atomic E-state index is 12.8. The zero-order chi connectivity index (χ0) is 24.8. The third kappa shape index (κ3) is 4.28. The highest BCUT2D eigenvalue weighted by Gasteiger charge is 2.54. The number of aliphatic carboxylic acids is 1. The number of oxime groups is 1. The third-order valence-corrected chi connectivity index (χ3v) is 7.14. The number of carboxylic acids is 1. The highest BCUT2D eigenvalue weighted by molar-refractivity contribution is 8.03. The summed E-state index contributed by atoms with van der Waals surface area (Å²) < 4.78 is 45.6. The molecule has 19 heteroatoms. The number of β-lactam (4-membered cyclic amide) rings is 1. The van der Waals surface area contributed by atoms with Crippen LogP contribution in [0.2, 0.25) is 0 Å². The molecule has 13 nitrogen and oxygen atoms in total. The SMILES string of the molecule is Nc1nc(/C(=N/O)C(=O)NC2C(=O)N3C(C(=O)O)=C(Sc4nsc(C(F)(F)F)n4)CCC23)ns1. The number of hydrogen-bond donors (Lipinski definition) is 4. The molecular formula is C15H11F3N8O5S3. The van der Waals surface area contributed by atoms with E-state index < -0.39 is 52.5 Å². The van der Waals surface area contributed by atoms with Gasteiger partial charge in [0.05, 0.1) is 6.04 Å². The fraction of sp³-hybridized carbons (Fsp3) is 0.333. The van der Waals surface area contributed by atoms with Crippen molar-refractivity contribution in [1.29, 1.82) is 0 Å². The number of hydrogen-bond acceptors (Lipinski definition) is 13. The maximum Gasteiger partial charge on any atom is 0.444 e. The van der Waals surface area contributed by atoms with Crippen LogP contribution in [0, 0.1) is 0 Å². The van der Waals surface area contributed by atoms with Crippen molar-refractivity contribution in [1.82, 2.24) is 28.9 Å². The molecule has 2 aliphatic rings. The highest BCUT2D eigenvalue weighted by atomic mass is 32.2. The first-order valence-corrected chi connectivity index (χ1v) is 11.4. The minimum atomic E-state index is -4.69. The van der Waals surface area contributed by atoms with Crippen LogP contribution in [0.4, 0.5) is 18.3 Å². The quantitative estimate of drug-likeness (QED) is 0.176. The van der Waals surface area contributed by atoms with Gasteiger partial charge in [0.2, 0.25) is 21.7 Å². The average molecular weight is 536 g/mol. The molecule has 0 saturated carbocycles. The zero-order valence-electron chi connectivity index (χ0n) is 16.3. The van der Waals surface area contributed by atoms with Gasteiger partial charge in [0.1, 0.15) is 11.7 Å². The van der Waals surface area contributed by atoms with E-state index in [0.29, 0.717) is 11.8 Å². The number of rotatable bonds is 6. The molecule has 180 valence electrons. The normalized spacial score (nSPS) is 20.7. The molecule has 4 heterocycles. The molecule has 2 atom stereocenters. The number of carboxylic acid groups (broad SMARTS) is 1. The third-order valence-electron chi connectivity index (χ3n) is 4.71. The lowest BCUT2D eigenvalue weighted by Gasteiger charge is -2.49. The number of carbonyl (C=O) groups is 3. The molecular weight excluding hydrogens is 525 g/mol. The number of nitrogens with two attached hydrogens (primary N) is 1. The lowest BCUT2D eigenvalue weighted by molar-refractivity contribution is -0.155. The molecule has 4 rings (SSSR count). The standard InChI is InChI=1S/C15H11F3N8O5S3/c16-15(17,18)12-22-14(25-33-12)32-4-2-1-3-5(10(28)26(3)7(4)11(29)30)20-9(27)6(23-31)8-21-13(19)34-24-8/h3,5,31H,1-2H2,(H,20,27)(H,29,30)(H2,19,21,24)/b23-6-. The Balaban J connectivity index is 1.52. The Morgan fingerprint density at radius 1 is 1.26 bits per heavy atom. The number of allylic oxidation sites excluding steroid dienone is 1. The van der Waals surface area contributed by atoms with Crippen molar-refractivity contribution < 1.29 is 37.9 Å². The Morgan fingerprint density at radius 2 is 2.00 bits per heavy atom. The molecule has 34 heavy (non-hydrogen) atoms. The van der Waals surface area contributed by atoms with Gasteiger partial charge in [-0.05, 0) is 24.4 Å². The Morgan fingerprint density at radius 3 is 2.56 bits per heavy atom. The summed E-state index contributed by atoms with van der Waals surface area (Å²) in [6.07, 6.45) is -4.41. The number of aromatic nitrogens is 4. The molecule has 5 N–H and O–H groups in total. The van der Waals surface area contributed by atoms with E-state index in [1.54, 1.807) is 0 Å². The van der Waals surface area contributed by atoms with Gasteiger partial charge in [-0.1, -0.05) is 16.9 Å². The topological polar surface area (TPSA) is 197 Å². The summed E-state index contributed by atoms with van der Waals surface area (Å²) >= 11 is 1.51. The number of thioether (sulfide) groups is 1. The molecule has 1 saturated heterocycles. The Hall–Kier alpha value is -3.32. The van der Waals surface area contributed by atoms with Crippen molar-refractivity contribution in [3.05, 3.63) is 21.4 Å².